The molecule has 0 heterocycles. The number of hydrogen-bond acceptors (Lipinski definition) is 3. The SMILES string of the molecule is CC/C=C\C/C=C\C/C=C\C/C=C\C/C=C\C/C=C\CCC(=O)N(CC(=O)O)C(N)=NC. The summed E-state index contributed by atoms with van der Waals surface area (Å²) in [7, 11) is 1.42. The number of nitrogens with zero attached hydrogens (tertiary/aromatic N) is 2. The number of guanidine groups is 1. The molecule has 3 N–H and O–H groups in total. The van der Waals surface area contributed by atoms with Gasteiger partial charge < -0.3 is 10.8 Å². The molecule has 6 nitrogen and oxygen atoms in total. The number of nitrogens with two attached hydrogens (primary N) is 1. The predicted molar refractivity (Wildman–Crippen MR) is 134 cm³/mol. The Balaban J connectivity index is 3.92. The third-order valence-corrected chi connectivity index (χ3v) is 4.22. The Bertz CT molecular complexity index is 729. The van der Waals surface area contributed by atoms with Crippen LogP contribution in [0.4, 0.5) is 0 Å². The average molecular weight is 442 g/mol. The van der Waals surface area contributed by atoms with Crippen molar-refractivity contribution in [1.29, 1.82) is 0 Å². The molecule has 0 unspecified atom stereocenters. The number of carbonyl (C=O) groups is 2. The molecule has 6 heteroatoms. The number of aliphatic imine (C=N–C) groups is 1. The summed E-state index contributed by atoms with van der Waals surface area (Å²) in [6.45, 7) is 1.66. The van der Waals surface area contributed by atoms with E-state index in [2.05, 4.69) is 72.7 Å². The quantitative estimate of drug-likeness (QED) is 0.192. The number of allylic oxidation sites excluding steroid dienone is 12. The maximum absolute atomic E-state index is 12.1. The summed E-state index contributed by atoms with van der Waals surface area (Å²) in [5, 5.41) is 8.87. The van der Waals surface area contributed by atoms with Crippen LogP contribution in [0.15, 0.2) is 77.9 Å². The van der Waals surface area contributed by atoms with Gasteiger partial charge in [-0.15, -0.1) is 0 Å². The first-order valence-electron chi connectivity index (χ1n) is 11.2. The number of carboxylic acids is 1. The van der Waals surface area contributed by atoms with Gasteiger partial charge in [-0.05, 0) is 44.9 Å². The molecule has 0 aromatic heterocycles. The Morgan fingerprint density at radius 2 is 1.19 bits per heavy atom. The Kier molecular flexibility index (Phi) is 19.0. The van der Waals surface area contributed by atoms with E-state index in [0.29, 0.717) is 6.42 Å². The van der Waals surface area contributed by atoms with Crippen molar-refractivity contribution < 1.29 is 14.7 Å². The van der Waals surface area contributed by atoms with Crippen LogP contribution in [0.2, 0.25) is 0 Å². The van der Waals surface area contributed by atoms with E-state index in [4.69, 9.17) is 10.8 Å². The summed E-state index contributed by atoms with van der Waals surface area (Å²) in [5.74, 6) is -1.56. The van der Waals surface area contributed by atoms with Gasteiger partial charge in [-0.3, -0.25) is 19.5 Å². The van der Waals surface area contributed by atoms with E-state index >= 15 is 0 Å². The molecule has 0 aromatic carbocycles. The van der Waals surface area contributed by atoms with Gasteiger partial charge in [0.15, 0.2) is 5.96 Å². The summed E-state index contributed by atoms with van der Waals surface area (Å²) in [6, 6.07) is 0. The molecule has 0 spiro atoms. The summed E-state index contributed by atoms with van der Waals surface area (Å²) in [6.07, 6.45) is 31.9. The second-order valence-corrected chi connectivity index (χ2v) is 6.91. The van der Waals surface area contributed by atoms with E-state index in [1.54, 1.807) is 0 Å². The smallest absolute Gasteiger partial charge is 0.323 e. The highest BCUT2D eigenvalue weighted by Crippen LogP contribution is 2.01. The van der Waals surface area contributed by atoms with Crippen LogP contribution in [0.1, 0.15) is 58.3 Å². The van der Waals surface area contributed by atoms with Gasteiger partial charge in [-0.25, -0.2) is 0 Å². The molecular weight excluding hydrogens is 402 g/mol. The van der Waals surface area contributed by atoms with E-state index in [1.165, 1.54) is 7.05 Å². The van der Waals surface area contributed by atoms with Crippen molar-refractivity contribution in [3.63, 3.8) is 0 Å². The van der Waals surface area contributed by atoms with Gasteiger partial charge in [-0.1, -0.05) is 79.8 Å². The maximum Gasteiger partial charge on any atom is 0.323 e. The van der Waals surface area contributed by atoms with Crippen molar-refractivity contribution >= 4 is 17.8 Å². The Labute approximate surface area is 193 Å². The molecule has 0 saturated heterocycles. The van der Waals surface area contributed by atoms with Crippen LogP contribution in [-0.2, 0) is 9.59 Å². The Morgan fingerprint density at radius 3 is 1.56 bits per heavy atom. The maximum atomic E-state index is 12.1. The highest BCUT2D eigenvalue weighted by atomic mass is 16.4. The largest absolute Gasteiger partial charge is 0.480 e. The van der Waals surface area contributed by atoms with Gasteiger partial charge in [0.25, 0.3) is 0 Å². The highest BCUT2D eigenvalue weighted by molar-refractivity contribution is 5.98. The second-order valence-electron chi connectivity index (χ2n) is 6.91. The van der Waals surface area contributed by atoms with Crippen LogP contribution >= 0.6 is 0 Å². The molecule has 0 rings (SSSR count). The minimum Gasteiger partial charge on any atom is -0.480 e. The van der Waals surface area contributed by atoms with Gasteiger partial charge in [0.05, 0.1) is 0 Å². The number of amides is 1. The monoisotopic (exact) mass is 441 g/mol. The zero-order valence-corrected chi connectivity index (χ0v) is 19.5. The number of aliphatic carboxylic acids is 1. The van der Waals surface area contributed by atoms with Crippen LogP contribution in [-0.4, -0.2) is 41.4 Å². The number of carbonyl (C=O) groups excluding carboxylic acids is 1. The molecule has 0 fully saturated rings. The van der Waals surface area contributed by atoms with Crippen molar-refractivity contribution in [3.05, 3.63) is 72.9 Å². The number of rotatable bonds is 16. The first kappa shape index (κ1) is 28.9. The van der Waals surface area contributed by atoms with Crippen molar-refractivity contribution in [2.24, 2.45) is 10.7 Å². The van der Waals surface area contributed by atoms with Gasteiger partial charge in [0.1, 0.15) is 6.54 Å². The molecule has 176 valence electrons. The lowest BCUT2D eigenvalue weighted by Gasteiger charge is -2.18. The van der Waals surface area contributed by atoms with Gasteiger partial charge in [0, 0.05) is 13.5 Å². The third-order valence-electron chi connectivity index (χ3n) is 4.22. The third kappa shape index (κ3) is 17.7. The van der Waals surface area contributed by atoms with Crippen molar-refractivity contribution in [1.82, 2.24) is 4.90 Å². The fourth-order valence-corrected chi connectivity index (χ4v) is 2.53. The topological polar surface area (TPSA) is 96.0 Å². The van der Waals surface area contributed by atoms with Crippen LogP contribution in [0.5, 0.6) is 0 Å². The van der Waals surface area contributed by atoms with E-state index in [9.17, 15) is 9.59 Å². The average Bonchev–Trinajstić information content (AvgIpc) is 2.78. The van der Waals surface area contributed by atoms with E-state index < -0.39 is 12.5 Å². The second kappa shape index (κ2) is 21.1. The van der Waals surface area contributed by atoms with E-state index in [0.717, 1.165) is 43.4 Å². The Morgan fingerprint density at radius 1 is 0.781 bits per heavy atom. The molecule has 0 aliphatic carbocycles. The summed E-state index contributed by atoms with van der Waals surface area (Å²) in [5.41, 5.74) is 5.59. The zero-order valence-electron chi connectivity index (χ0n) is 19.5. The van der Waals surface area contributed by atoms with Crippen LogP contribution < -0.4 is 5.73 Å². The first-order valence-corrected chi connectivity index (χ1v) is 11.2. The summed E-state index contributed by atoms with van der Waals surface area (Å²) < 4.78 is 0. The van der Waals surface area contributed by atoms with Crippen molar-refractivity contribution in [2.75, 3.05) is 13.6 Å². The van der Waals surface area contributed by atoms with Gasteiger partial charge in [-0.2, -0.15) is 0 Å². The lowest BCUT2D eigenvalue weighted by molar-refractivity contribution is -0.141. The van der Waals surface area contributed by atoms with Crippen LogP contribution in [0.25, 0.3) is 0 Å². The van der Waals surface area contributed by atoms with Crippen molar-refractivity contribution in [3.8, 4) is 0 Å². The summed E-state index contributed by atoms with van der Waals surface area (Å²) >= 11 is 0. The highest BCUT2D eigenvalue weighted by Gasteiger charge is 2.19. The summed E-state index contributed by atoms with van der Waals surface area (Å²) in [4.78, 5) is 27.6. The number of carboxylic acid groups (broad SMARTS) is 1. The molecule has 0 aliphatic heterocycles. The molecule has 1 amide bonds. The minimum absolute atomic E-state index is 0.0832. The van der Waals surface area contributed by atoms with Crippen molar-refractivity contribution in [2.45, 2.75) is 58.3 Å². The zero-order chi connectivity index (χ0) is 23.9. The fourth-order valence-electron chi connectivity index (χ4n) is 2.53. The fraction of sp³-hybridized carbons (Fsp3) is 0.423. The van der Waals surface area contributed by atoms with E-state index in [-0.39, 0.29) is 18.3 Å². The molecule has 0 bridgehead atoms. The lowest BCUT2D eigenvalue weighted by atomic mass is 10.2. The molecular formula is C26H39N3O3. The molecule has 0 aromatic rings. The predicted octanol–water partition coefficient (Wildman–Crippen LogP) is 5.32. The number of hydrogen-bond donors (Lipinski definition) is 2. The van der Waals surface area contributed by atoms with Gasteiger partial charge in [0.2, 0.25) is 5.91 Å². The standard InChI is InChI=1S/C26H39N3O3/c1-3-4-5-6-7-8-9-10-11-12-13-14-15-16-17-18-19-20-21-22-24(30)29(23-25(31)32)26(27)28-2/h4-5,7-8,10-11,13-14,16-17,19-20H,3,6,9,12,15,18,21-23H2,1-2H3,(H2,27,28)(H,31,32)/b5-4-,8-7-,11-10-,14-13-,17-16-,20-19-. The van der Waals surface area contributed by atoms with Crippen LogP contribution in [0.3, 0.4) is 0 Å². The van der Waals surface area contributed by atoms with Crippen LogP contribution in [0, 0.1) is 0 Å². The lowest BCUT2D eigenvalue weighted by Crippen LogP contribution is -2.44. The molecule has 0 radical (unpaired) electrons. The molecule has 0 atom stereocenters. The normalized spacial score (nSPS) is 13.1. The minimum atomic E-state index is -1.13. The molecule has 32 heavy (non-hydrogen) atoms. The Hall–Kier alpha value is -3.15. The van der Waals surface area contributed by atoms with Gasteiger partial charge >= 0.3 is 5.97 Å². The molecule has 0 saturated carbocycles. The first-order chi connectivity index (χ1) is 15.5. The van der Waals surface area contributed by atoms with E-state index in [1.807, 2.05) is 12.2 Å². The molecule has 0 aliphatic rings.